The van der Waals surface area contributed by atoms with Crippen LogP contribution < -0.4 is 5.32 Å². The summed E-state index contributed by atoms with van der Waals surface area (Å²) in [4.78, 5) is 13.0. The fourth-order valence-corrected chi connectivity index (χ4v) is 4.33. The molecule has 2 fully saturated rings. The Balaban J connectivity index is 1.75. The molecule has 0 spiro atoms. The van der Waals surface area contributed by atoms with Crippen LogP contribution in [0.25, 0.3) is 0 Å². The molecule has 0 amide bonds. The molecule has 2 N–H and O–H groups in total. The highest BCUT2D eigenvalue weighted by atomic mass is 79.9. The molecule has 5 heteroatoms. The highest BCUT2D eigenvalue weighted by Crippen LogP contribution is 2.44. The number of carboxylic acids is 1. The van der Waals surface area contributed by atoms with Crippen LogP contribution in [0.5, 0.6) is 0 Å². The number of rotatable bonds is 7. The summed E-state index contributed by atoms with van der Waals surface area (Å²) in [6, 6.07) is 8.40. The molecule has 0 bridgehead atoms. The molecule has 3 nitrogen and oxygen atoms in total. The zero-order valence-electron chi connectivity index (χ0n) is 11.1. The minimum absolute atomic E-state index is 0.288. The average Bonchev–Trinajstić information content (AvgIpc) is 3.27. The van der Waals surface area contributed by atoms with Crippen molar-refractivity contribution in [2.75, 3.05) is 5.75 Å². The number of hydrogen-bond acceptors (Lipinski definition) is 3. The fourth-order valence-electron chi connectivity index (χ4n) is 2.50. The molecule has 0 aromatic heterocycles. The van der Waals surface area contributed by atoms with Crippen LogP contribution in [0, 0.1) is 5.92 Å². The van der Waals surface area contributed by atoms with Gasteiger partial charge in [-0.05, 0) is 59.7 Å². The topological polar surface area (TPSA) is 49.3 Å². The molecule has 1 aromatic rings. The van der Waals surface area contributed by atoms with Gasteiger partial charge in [0.25, 0.3) is 0 Å². The van der Waals surface area contributed by atoms with Crippen LogP contribution in [-0.4, -0.2) is 28.4 Å². The van der Waals surface area contributed by atoms with Crippen LogP contribution in [0.4, 0.5) is 0 Å². The standard InChI is InChI=1S/C15H18BrNO2S/c16-12-3-1-2-4-13(12)20-9-15(14(18)19,10-5-6-10)17-11-7-8-11/h1-4,10-11,17H,5-9H2,(H,18,19). The highest BCUT2D eigenvalue weighted by molar-refractivity contribution is 9.10. The van der Waals surface area contributed by atoms with Gasteiger partial charge in [-0.15, -0.1) is 11.8 Å². The van der Waals surface area contributed by atoms with Crippen molar-refractivity contribution in [3.05, 3.63) is 28.7 Å². The molecule has 0 saturated heterocycles. The van der Waals surface area contributed by atoms with E-state index >= 15 is 0 Å². The number of thioether (sulfide) groups is 1. The SMILES string of the molecule is O=C(O)C(CSc1ccccc1Br)(NC1CC1)C1CC1. The predicted octanol–water partition coefficient (Wildman–Crippen LogP) is 3.53. The van der Waals surface area contributed by atoms with Gasteiger partial charge < -0.3 is 5.11 Å². The second kappa shape index (κ2) is 5.70. The van der Waals surface area contributed by atoms with E-state index < -0.39 is 11.5 Å². The van der Waals surface area contributed by atoms with Gasteiger partial charge in [0.15, 0.2) is 0 Å². The number of benzene rings is 1. The summed E-state index contributed by atoms with van der Waals surface area (Å²) in [6.07, 6.45) is 4.29. The van der Waals surface area contributed by atoms with E-state index in [0.717, 1.165) is 35.1 Å². The summed E-state index contributed by atoms with van der Waals surface area (Å²) in [5.41, 5.74) is -0.749. The lowest BCUT2D eigenvalue weighted by molar-refractivity contribution is -0.145. The Bertz CT molecular complexity index is 516. The minimum Gasteiger partial charge on any atom is -0.480 e. The summed E-state index contributed by atoms with van der Waals surface area (Å²) in [5, 5.41) is 13.2. The van der Waals surface area contributed by atoms with Crippen LogP contribution in [0.1, 0.15) is 25.7 Å². The summed E-state index contributed by atoms with van der Waals surface area (Å²) in [6.45, 7) is 0. The largest absolute Gasteiger partial charge is 0.480 e. The third-order valence-corrected chi connectivity index (χ3v) is 6.21. The molecule has 2 saturated carbocycles. The maximum Gasteiger partial charge on any atom is 0.325 e. The van der Waals surface area contributed by atoms with Crippen molar-refractivity contribution in [2.24, 2.45) is 5.92 Å². The Labute approximate surface area is 131 Å². The molecular formula is C15H18BrNO2S. The quantitative estimate of drug-likeness (QED) is 0.734. The third kappa shape index (κ3) is 3.05. The van der Waals surface area contributed by atoms with Gasteiger partial charge in [-0.2, -0.15) is 0 Å². The van der Waals surface area contributed by atoms with Gasteiger partial charge in [-0.1, -0.05) is 12.1 Å². The smallest absolute Gasteiger partial charge is 0.325 e. The molecule has 0 heterocycles. The first-order valence-electron chi connectivity index (χ1n) is 7.00. The van der Waals surface area contributed by atoms with Gasteiger partial charge in [0, 0.05) is 21.2 Å². The zero-order chi connectivity index (χ0) is 14.2. The van der Waals surface area contributed by atoms with Gasteiger partial charge >= 0.3 is 5.97 Å². The lowest BCUT2D eigenvalue weighted by Crippen LogP contribution is -2.57. The molecule has 108 valence electrons. The van der Waals surface area contributed by atoms with Gasteiger partial charge in [-0.25, -0.2) is 0 Å². The van der Waals surface area contributed by atoms with Crippen molar-refractivity contribution in [3.8, 4) is 0 Å². The predicted molar refractivity (Wildman–Crippen MR) is 84.1 cm³/mol. The summed E-state index contributed by atoms with van der Waals surface area (Å²) >= 11 is 5.16. The Morgan fingerprint density at radius 1 is 1.35 bits per heavy atom. The molecular weight excluding hydrogens is 338 g/mol. The van der Waals surface area contributed by atoms with Crippen LogP contribution >= 0.6 is 27.7 Å². The first-order valence-corrected chi connectivity index (χ1v) is 8.78. The Morgan fingerprint density at radius 3 is 2.60 bits per heavy atom. The molecule has 0 aliphatic heterocycles. The third-order valence-electron chi connectivity index (χ3n) is 3.99. The van der Waals surface area contributed by atoms with Crippen molar-refractivity contribution >= 4 is 33.7 Å². The van der Waals surface area contributed by atoms with Crippen LogP contribution in [-0.2, 0) is 4.79 Å². The lowest BCUT2D eigenvalue weighted by atomic mass is 9.95. The first kappa shape index (κ1) is 14.4. The van der Waals surface area contributed by atoms with Crippen LogP contribution in [0.3, 0.4) is 0 Å². The van der Waals surface area contributed by atoms with E-state index in [4.69, 9.17) is 0 Å². The van der Waals surface area contributed by atoms with Gasteiger partial charge in [0.05, 0.1) is 0 Å². The molecule has 1 unspecified atom stereocenters. The van der Waals surface area contributed by atoms with E-state index in [1.165, 1.54) is 0 Å². The number of hydrogen-bond donors (Lipinski definition) is 2. The fraction of sp³-hybridized carbons (Fsp3) is 0.533. The van der Waals surface area contributed by atoms with E-state index in [-0.39, 0.29) is 5.92 Å². The monoisotopic (exact) mass is 355 g/mol. The molecule has 0 radical (unpaired) electrons. The lowest BCUT2D eigenvalue weighted by Gasteiger charge is -2.31. The maximum atomic E-state index is 11.9. The van der Waals surface area contributed by atoms with E-state index in [1.54, 1.807) is 11.8 Å². The minimum atomic E-state index is -0.749. The van der Waals surface area contributed by atoms with Crippen molar-refractivity contribution in [2.45, 2.75) is 42.2 Å². The van der Waals surface area contributed by atoms with Crippen molar-refractivity contribution < 1.29 is 9.90 Å². The molecule has 1 aromatic carbocycles. The van der Waals surface area contributed by atoms with E-state index in [1.807, 2.05) is 24.3 Å². The number of nitrogens with one attached hydrogen (secondary N) is 1. The van der Waals surface area contributed by atoms with Crippen LogP contribution in [0.15, 0.2) is 33.6 Å². The molecule has 2 aliphatic rings. The maximum absolute atomic E-state index is 11.9. The molecule has 3 rings (SSSR count). The van der Waals surface area contributed by atoms with Crippen molar-refractivity contribution in [1.29, 1.82) is 0 Å². The molecule has 1 atom stereocenters. The van der Waals surface area contributed by atoms with Crippen LogP contribution in [0.2, 0.25) is 0 Å². The first-order chi connectivity index (χ1) is 9.62. The van der Waals surface area contributed by atoms with E-state index in [9.17, 15) is 9.90 Å². The number of aliphatic carboxylic acids is 1. The number of carbonyl (C=O) groups is 1. The molecule has 2 aliphatic carbocycles. The van der Waals surface area contributed by atoms with Crippen molar-refractivity contribution in [1.82, 2.24) is 5.32 Å². The van der Waals surface area contributed by atoms with Gasteiger partial charge in [0.1, 0.15) is 5.54 Å². The second-order valence-electron chi connectivity index (χ2n) is 5.69. The second-order valence-corrected chi connectivity index (χ2v) is 7.56. The Morgan fingerprint density at radius 2 is 2.05 bits per heavy atom. The summed E-state index contributed by atoms with van der Waals surface area (Å²) in [5.74, 6) is 0.189. The van der Waals surface area contributed by atoms with E-state index in [0.29, 0.717) is 11.8 Å². The molecule has 20 heavy (non-hydrogen) atoms. The zero-order valence-corrected chi connectivity index (χ0v) is 13.5. The normalized spacial score (nSPS) is 21.4. The van der Waals surface area contributed by atoms with E-state index in [2.05, 4.69) is 21.2 Å². The van der Waals surface area contributed by atoms with Crippen molar-refractivity contribution in [3.63, 3.8) is 0 Å². The summed E-state index contributed by atoms with van der Waals surface area (Å²) < 4.78 is 1.03. The van der Waals surface area contributed by atoms with Gasteiger partial charge in [0.2, 0.25) is 0 Å². The number of carboxylic acid groups (broad SMARTS) is 1. The highest BCUT2D eigenvalue weighted by Gasteiger charge is 2.53. The summed E-state index contributed by atoms with van der Waals surface area (Å²) in [7, 11) is 0. The Hall–Kier alpha value is -0.520. The number of halogens is 1. The average molecular weight is 356 g/mol. The Kier molecular flexibility index (Phi) is 4.11. The van der Waals surface area contributed by atoms with Gasteiger partial charge in [-0.3, -0.25) is 10.1 Å².